The van der Waals surface area contributed by atoms with E-state index < -0.39 is 17.9 Å². The molecule has 0 radical (unpaired) electrons. The van der Waals surface area contributed by atoms with Gasteiger partial charge < -0.3 is 15.2 Å². The first-order chi connectivity index (χ1) is 11.3. The Hall–Kier alpha value is -2.95. The average Bonchev–Trinajstić information content (AvgIpc) is 2.94. The van der Waals surface area contributed by atoms with Crippen molar-refractivity contribution in [3.63, 3.8) is 0 Å². The number of hydrazine groups is 2. The predicted octanol–water partition coefficient (Wildman–Crippen LogP) is 2.54. The Morgan fingerprint density at radius 1 is 1.17 bits per heavy atom. The molecule has 0 spiro atoms. The average molecular weight is 345 g/mol. The van der Waals surface area contributed by atoms with Crippen molar-refractivity contribution in [1.82, 2.24) is 10.5 Å². The number of rotatable bonds is 4. The van der Waals surface area contributed by atoms with E-state index in [0.29, 0.717) is 11.5 Å². The zero-order valence-electron chi connectivity index (χ0n) is 11.9. The molecule has 2 aromatic rings. The van der Waals surface area contributed by atoms with Crippen LogP contribution in [0.3, 0.4) is 0 Å². The summed E-state index contributed by atoms with van der Waals surface area (Å²) in [5.41, 5.74) is 13.9. The number of nitrogens with two attached hydrogens (primary N) is 1. The van der Waals surface area contributed by atoms with Crippen molar-refractivity contribution in [1.29, 1.82) is 0 Å². The second kappa shape index (κ2) is 5.92. The summed E-state index contributed by atoms with van der Waals surface area (Å²) in [7, 11) is 0. The lowest BCUT2D eigenvalue weighted by Gasteiger charge is -2.13. The van der Waals surface area contributed by atoms with Gasteiger partial charge in [0.2, 0.25) is 0 Å². The number of nitrogens with one attached hydrogen (secondary N) is 3. The molecule has 0 saturated carbocycles. The fourth-order valence-corrected chi connectivity index (χ4v) is 2.03. The number of nitrogen functional groups attached to an aromatic ring is 1. The second-order valence-electron chi connectivity index (χ2n) is 4.73. The van der Waals surface area contributed by atoms with Gasteiger partial charge in [-0.1, -0.05) is 0 Å². The Labute approximate surface area is 132 Å². The molecule has 0 atom stereocenters. The number of anilines is 3. The summed E-state index contributed by atoms with van der Waals surface area (Å²) in [6.45, 7) is -0.335. The summed E-state index contributed by atoms with van der Waals surface area (Å²) in [5.74, 6) is -0.497. The van der Waals surface area contributed by atoms with Crippen molar-refractivity contribution >= 4 is 17.3 Å². The third-order valence-corrected chi connectivity index (χ3v) is 3.01. The Morgan fingerprint density at radius 3 is 2.71 bits per heavy atom. The van der Waals surface area contributed by atoms with E-state index in [1.165, 1.54) is 6.07 Å². The molecule has 0 saturated heterocycles. The molecule has 1 aliphatic heterocycles. The normalized spacial score (nSPS) is 13.0. The maximum Gasteiger partial charge on any atom is 0.573 e. The molecule has 0 unspecified atom stereocenters. The first-order valence-electron chi connectivity index (χ1n) is 6.56. The first-order valence-corrected chi connectivity index (χ1v) is 6.56. The van der Waals surface area contributed by atoms with Gasteiger partial charge in [0.15, 0.2) is 11.6 Å². The van der Waals surface area contributed by atoms with Gasteiger partial charge in [-0.2, -0.15) is 0 Å². The van der Waals surface area contributed by atoms with Gasteiger partial charge in [-0.25, -0.2) is 9.37 Å². The standard InChI is InChI=1S/C13H11F4N5O2/c14-8-2-1-7(24-13(15,16)17)3-6(8)5-23-9-4-10(18)19-12-11(9)20-22-21-12/h1-4,20,22H,5H2,(H3,18,19,21). The lowest BCUT2D eigenvalue weighted by atomic mass is 10.2. The van der Waals surface area contributed by atoms with Crippen LogP contribution >= 0.6 is 0 Å². The number of pyridine rings is 1. The summed E-state index contributed by atoms with van der Waals surface area (Å²) in [6, 6.07) is 4.06. The molecule has 0 fully saturated rings. The zero-order valence-corrected chi connectivity index (χ0v) is 11.9. The van der Waals surface area contributed by atoms with Crippen molar-refractivity contribution in [2.45, 2.75) is 13.0 Å². The van der Waals surface area contributed by atoms with Crippen LogP contribution in [0.4, 0.5) is 34.9 Å². The summed E-state index contributed by atoms with van der Waals surface area (Å²) >= 11 is 0. The Balaban J connectivity index is 1.79. The fourth-order valence-electron chi connectivity index (χ4n) is 2.03. The molecule has 1 aromatic carbocycles. The maximum atomic E-state index is 13.8. The zero-order chi connectivity index (χ0) is 17.3. The molecule has 1 aliphatic rings. The number of halogens is 4. The van der Waals surface area contributed by atoms with E-state index in [1.807, 2.05) is 0 Å². The lowest BCUT2D eigenvalue weighted by Crippen LogP contribution is -2.19. The highest BCUT2D eigenvalue weighted by atomic mass is 19.4. The van der Waals surface area contributed by atoms with Crippen LogP contribution in [0.5, 0.6) is 11.5 Å². The van der Waals surface area contributed by atoms with Crippen molar-refractivity contribution in [2.24, 2.45) is 0 Å². The van der Waals surface area contributed by atoms with Crippen LogP contribution in [0.15, 0.2) is 24.3 Å². The van der Waals surface area contributed by atoms with Crippen molar-refractivity contribution < 1.29 is 27.0 Å². The Morgan fingerprint density at radius 2 is 1.96 bits per heavy atom. The van der Waals surface area contributed by atoms with E-state index in [-0.39, 0.29) is 23.7 Å². The number of alkyl halides is 3. The molecule has 0 bridgehead atoms. The number of hydrogen-bond acceptors (Lipinski definition) is 7. The molecule has 11 heteroatoms. The minimum absolute atomic E-state index is 0.111. The SMILES string of the molecule is Nc1cc(OCc2cc(OC(F)(F)F)ccc2F)c2c(n1)NNN2. The van der Waals surface area contributed by atoms with E-state index in [2.05, 4.69) is 26.1 Å². The summed E-state index contributed by atoms with van der Waals surface area (Å²) in [5, 5.41) is 0. The molecule has 1 aromatic heterocycles. The minimum atomic E-state index is -4.86. The summed E-state index contributed by atoms with van der Waals surface area (Å²) < 4.78 is 59.7. The van der Waals surface area contributed by atoms with Crippen LogP contribution in [0.2, 0.25) is 0 Å². The van der Waals surface area contributed by atoms with Gasteiger partial charge in [-0.3, -0.25) is 10.9 Å². The minimum Gasteiger partial charge on any atom is -0.486 e. The molecule has 7 nitrogen and oxygen atoms in total. The van der Waals surface area contributed by atoms with Crippen LogP contribution in [0.25, 0.3) is 0 Å². The van der Waals surface area contributed by atoms with Gasteiger partial charge in [-0.15, -0.1) is 18.7 Å². The quantitative estimate of drug-likeness (QED) is 0.633. The number of hydrogen-bond donors (Lipinski definition) is 4. The predicted molar refractivity (Wildman–Crippen MR) is 76.4 cm³/mol. The molecule has 2 heterocycles. The third-order valence-electron chi connectivity index (χ3n) is 3.01. The number of fused-ring (bicyclic) bond motifs is 1. The van der Waals surface area contributed by atoms with Crippen molar-refractivity contribution in [3.05, 3.63) is 35.6 Å². The van der Waals surface area contributed by atoms with Crippen molar-refractivity contribution in [3.8, 4) is 11.5 Å². The topological polar surface area (TPSA) is 93.5 Å². The van der Waals surface area contributed by atoms with Gasteiger partial charge in [-0.05, 0) is 18.2 Å². The molecule has 0 amide bonds. The van der Waals surface area contributed by atoms with Crippen molar-refractivity contribution in [2.75, 3.05) is 16.6 Å². The smallest absolute Gasteiger partial charge is 0.486 e. The van der Waals surface area contributed by atoms with Gasteiger partial charge in [0.25, 0.3) is 0 Å². The highest BCUT2D eigenvalue weighted by Gasteiger charge is 2.31. The molecule has 3 rings (SSSR count). The largest absolute Gasteiger partial charge is 0.573 e. The first kappa shape index (κ1) is 15.9. The van der Waals surface area contributed by atoms with Crippen LogP contribution < -0.4 is 31.6 Å². The second-order valence-corrected chi connectivity index (χ2v) is 4.73. The van der Waals surface area contributed by atoms with Gasteiger partial charge in [0.1, 0.15) is 29.7 Å². The maximum absolute atomic E-state index is 13.8. The molecule has 128 valence electrons. The summed E-state index contributed by atoms with van der Waals surface area (Å²) in [6.07, 6.45) is -4.86. The fraction of sp³-hybridized carbons (Fsp3) is 0.154. The number of ether oxygens (including phenoxy) is 2. The molecular weight excluding hydrogens is 334 g/mol. The lowest BCUT2D eigenvalue weighted by molar-refractivity contribution is -0.274. The Kier molecular flexibility index (Phi) is 3.93. The number of nitrogens with zero attached hydrogens (tertiary/aromatic N) is 1. The van der Waals surface area contributed by atoms with Gasteiger partial charge in [0.05, 0.1) is 0 Å². The van der Waals surface area contributed by atoms with Crippen LogP contribution in [-0.2, 0) is 6.61 Å². The highest BCUT2D eigenvalue weighted by Crippen LogP contribution is 2.35. The molecule has 0 aliphatic carbocycles. The molecule has 24 heavy (non-hydrogen) atoms. The Bertz CT molecular complexity index is 769. The number of aromatic nitrogens is 1. The highest BCUT2D eigenvalue weighted by molar-refractivity contribution is 5.76. The van der Waals surface area contributed by atoms with E-state index in [4.69, 9.17) is 10.5 Å². The van der Waals surface area contributed by atoms with Gasteiger partial charge >= 0.3 is 6.36 Å². The van der Waals surface area contributed by atoms with E-state index in [1.54, 1.807) is 0 Å². The number of benzene rings is 1. The van der Waals surface area contributed by atoms with Crippen LogP contribution in [0.1, 0.15) is 5.56 Å². The van der Waals surface area contributed by atoms with Crippen LogP contribution in [0, 0.1) is 5.82 Å². The van der Waals surface area contributed by atoms with E-state index in [9.17, 15) is 17.6 Å². The van der Waals surface area contributed by atoms with E-state index in [0.717, 1.165) is 18.2 Å². The molecule has 5 N–H and O–H groups in total. The molecular formula is C13H11F4N5O2. The van der Waals surface area contributed by atoms with Gasteiger partial charge in [0, 0.05) is 11.6 Å². The van der Waals surface area contributed by atoms with E-state index >= 15 is 0 Å². The monoisotopic (exact) mass is 345 g/mol. The summed E-state index contributed by atoms with van der Waals surface area (Å²) in [4.78, 5) is 3.98. The third kappa shape index (κ3) is 3.51. The van der Waals surface area contributed by atoms with Crippen LogP contribution in [-0.4, -0.2) is 11.3 Å².